The Kier molecular flexibility index (Phi) is 34.7. The number of nitrogens with one attached hydrogen (secondary N) is 3. The van der Waals surface area contributed by atoms with Crippen LogP contribution in [-0.4, -0.2) is 127 Å². The molecule has 0 saturated heterocycles. The molecule has 308 valence electrons. The number of carbonyl (C=O) groups is 6. The van der Waals surface area contributed by atoms with Crippen molar-refractivity contribution in [3.05, 3.63) is 0 Å². The largest absolute Gasteiger partial charge is 0.480 e. The van der Waals surface area contributed by atoms with Crippen molar-refractivity contribution < 1.29 is 62.3 Å². The average Bonchev–Trinajstić information content (AvgIpc) is 3.14. The number of aliphatic carboxylic acids is 1. The average molecular weight is 762 g/mol. The highest BCUT2D eigenvalue weighted by Gasteiger charge is 2.22. The van der Waals surface area contributed by atoms with Crippen molar-refractivity contribution in [2.45, 2.75) is 122 Å². The summed E-state index contributed by atoms with van der Waals surface area (Å²) in [5.41, 5.74) is 0. The number of rotatable bonds is 38. The number of methoxy groups -OCH3 is 2. The van der Waals surface area contributed by atoms with Crippen LogP contribution in [0, 0.1) is 0 Å². The van der Waals surface area contributed by atoms with Gasteiger partial charge in [-0.05, 0) is 19.3 Å². The second-order valence-electron chi connectivity index (χ2n) is 12.6. The SMILES string of the molecule is COC(=O)CCCCCCCCCCCCCCCCC(=O)N[C@@H](CCC(=O)NCCOCCOCC(=O)NCCOCCOCC(=O)O)C(=O)OC. The number of hydrogen-bond donors (Lipinski definition) is 4. The lowest BCUT2D eigenvalue weighted by Crippen LogP contribution is -2.42. The third kappa shape index (κ3) is 35.5. The van der Waals surface area contributed by atoms with Crippen molar-refractivity contribution in [2.75, 3.05) is 80.2 Å². The quantitative estimate of drug-likeness (QED) is 0.0526. The van der Waals surface area contributed by atoms with Crippen LogP contribution >= 0.6 is 0 Å². The zero-order valence-corrected chi connectivity index (χ0v) is 32.2. The lowest BCUT2D eigenvalue weighted by Gasteiger charge is -2.16. The van der Waals surface area contributed by atoms with E-state index in [1.54, 1.807) is 0 Å². The molecular weight excluding hydrogens is 694 g/mol. The Morgan fingerprint density at radius 3 is 1.43 bits per heavy atom. The van der Waals surface area contributed by atoms with Crippen molar-refractivity contribution in [1.29, 1.82) is 0 Å². The molecule has 0 aliphatic carbocycles. The Morgan fingerprint density at radius 2 is 0.943 bits per heavy atom. The van der Waals surface area contributed by atoms with Crippen LogP contribution in [0.4, 0.5) is 0 Å². The number of amides is 3. The molecule has 0 aliphatic heterocycles. The van der Waals surface area contributed by atoms with Crippen molar-refractivity contribution in [1.82, 2.24) is 16.0 Å². The van der Waals surface area contributed by atoms with Gasteiger partial charge in [0.15, 0.2) is 0 Å². The molecule has 0 aromatic heterocycles. The molecule has 4 N–H and O–H groups in total. The fraction of sp³-hybridized carbons (Fsp3) is 0.838. The molecule has 0 fully saturated rings. The fourth-order valence-electron chi connectivity index (χ4n) is 5.14. The minimum absolute atomic E-state index is 0.0281. The van der Waals surface area contributed by atoms with Gasteiger partial charge < -0.3 is 49.5 Å². The van der Waals surface area contributed by atoms with Gasteiger partial charge >= 0.3 is 17.9 Å². The second kappa shape index (κ2) is 37.0. The van der Waals surface area contributed by atoms with Gasteiger partial charge in [0.2, 0.25) is 17.7 Å². The summed E-state index contributed by atoms with van der Waals surface area (Å²) in [6.45, 7) is 1.26. The van der Waals surface area contributed by atoms with Crippen LogP contribution in [0.15, 0.2) is 0 Å². The number of carboxylic acids is 1. The van der Waals surface area contributed by atoms with Gasteiger partial charge in [-0.25, -0.2) is 9.59 Å². The molecule has 16 nitrogen and oxygen atoms in total. The Labute approximate surface area is 315 Å². The van der Waals surface area contributed by atoms with E-state index in [1.165, 1.54) is 65.6 Å². The van der Waals surface area contributed by atoms with E-state index in [-0.39, 0.29) is 102 Å². The van der Waals surface area contributed by atoms with Crippen LogP contribution < -0.4 is 16.0 Å². The standard InChI is InChI=1S/C37H67N3O13/c1-48-36(46)18-16-14-12-10-8-6-4-3-5-7-9-11-13-15-17-33(42)40-31(37(47)49-2)19-20-32(41)38-21-23-50-25-27-52-29-34(43)39-22-24-51-26-28-53-30-35(44)45/h31H,3-30H2,1-2H3,(H,38,41)(H,39,43)(H,40,42)(H,44,45)/t31-/m0/s1. The molecule has 0 saturated carbocycles. The minimum Gasteiger partial charge on any atom is -0.480 e. The highest BCUT2D eigenvalue weighted by atomic mass is 16.5. The summed E-state index contributed by atoms with van der Waals surface area (Å²) in [6.07, 6.45) is 16.8. The molecule has 0 aromatic rings. The van der Waals surface area contributed by atoms with Crippen molar-refractivity contribution in [3.63, 3.8) is 0 Å². The van der Waals surface area contributed by atoms with Gasteiger partial charge in [0, 0.05) is 32.4 Å². The maximum atomic E-state index is 12.5. The smallest absolute Gasteiger partial charge is 0.329 e. The predicted molar refractivity (Wildman–Crippen MR) is 196 cm³/mol. The Hall–Kier alpha value is -3.34. The first-order chi connectivity index (χ1) is 25.7. The molecule has 0 aliphatic rings. The van der Waals surface area contributed by atoms with E-state index in [0.717, 1.165) is 38.5 Å². The number of unbranched alkanes of at least 4 members (excludes halogenated alkanes) is 13. The zero-order chi connectivity index (χ0) is 39.2. The molecule has 0 aromatic carbocycles. The minimum atomic E-state index is -1.05. The molecule has 3 amide bonds. The van der Waals surface area contributed by atoms with Crippen molar-refractivity contribution >= 4 is 35.6 Å². The molecular formula is C37H67N3O13. The zero-order valence-electron chi connectivity index (χ0n) is 32.2. The molecule has 0 spiro atoms. The van der Waals surface area contributed by atoms with Gasteiger partial charge in [-0.15, -0.1) is 0 Å². The van der Waals surface area contributed by atoms with Gasteiger partial charge in [0.1, 0.15) is 19.3 Å². The molecule has 1 atom stereocenters. The van der Waals surface area contributed by atoms with E-state index < -0.39 is 18.0 Å². The summed E-state index contributed by atoms with van der Waals surface area (Å²) in [4.78, 5) is 70.0. The summed E-state index contributed by atoms with van der Waals surface area (Å²) in [5, 5.41) is 16.5. The van der Waals surface area contributed by atoms with Crippen LogP contribution in [0.5, 0.6) is 0 Å². The Bertz CT molecular complexity index is 984. The maximum Gasteiger partial charge on any atom is 0.329 e. The Morgan fingerprint density at radius 1 is 0.491 bits per heavy atom. The van der Waals surface area contributed by atoms with E-state index in [1.807, 2.05) is 0 Å². The lowest BCUT2D eigenvalue weighted by molar-refractivity contribution is -0.145. The topological polar surface area (TPSA) is 214 Å². The van der Waals surface area contributed by atoms with E-state index >= 15 is 0 Å². The van der Waals surface area contributed by atoms with Crippen LogP contribution in [0.25, 0.3) is 0 Å². The van der Waals surface area contributed by atoms with Crippen LogP contribution in [0.3, 0.4) is 0 Å². The summed E-state index contributed by atoms with van der Waals surface area (Å²) >= 11 is 0. The van der Waals surface area contributed by atoms with Crippen molar-refractivity contribution in [2.24, 2.45) is 0 Å². The first-order valence-electron chi connectivity index (χ1n) is 19.2. The lowest BCUT2D eigenvalue weighted by atomic mass is 10.0. The third-order valence-corrected chi connectivity index (χ3v) is 8.08. The predicted octanol–water partition coefficient (Wildman–Crippen LogP) is 3.22. The van der Waals surface area contributed by atoms with Gasteiger partial charge in [-0.1, -0.05) is 77.0 Å². The van der Waals surface area contributed by atoms with Gasteiger partial charge in [-0.2, -0.15) is 0 Å². The molecule has 0 heterocycles. The van der Waals surface area contributed by atoms with E-state index in [2.05, 4.69) is 20.7 Å². The molecule has 0 unspecified atom stereocenters. The number of carboxylic acid groups (broad SMARTS) is 1. The number of ether oxygens (including phenoxy) is 6. The molecule has 53 heavy (non-hydrogen) atoms. The Balaban J connectivity index is 3.75. The van der Waals surface area contributed by atoms with Gasteiger partial charge in [0.25, 0.3) is 0 Å². The van der Waals surface area contributed by atoms with Crippen molar-refractivity contribution in [3.8, 4) is 0 Å². The summed E-state index contributed by atoms with van der Waals surface area (Å²) < 4.78 is 30.1. The summed E-state index contributed by atoms with van der Waals surface area (Å²) in [7, 11) is 2.68. The first-order valence-corrected chi connectivity index (χ1v) is 19.2. The summed E-state index contributed by atoms with van der Waals surface area (Å²) in [5.74, 6) is -2.60. The fourth-order valence-corrected chi connectivity index (χ4v) is 5.14. The third-order valence-electron chi connectivity index (χ3n) is 8.08. The van der Waals surface area contributed by atoms with Crippen LogP contribution in [0.2, 0.25) is 0 Å². The van der Waals surface area contributed by atoms with E-state index in [0.29, 0.717) is 12.8 Å². The number of hydrogen-bond acceptors (Lipinski definition) is 12. The second-order valence-corrected chi connectivity index (χ2v) is 12.6. The maximum absolute atomic E-state index is 12.5. The number of esters is 2. The van der Waals surface area contributed by atoms with Crippen LogP contribution in [-0.2, 0) is 57.2 Å². The highest BCUT2D eigenvalue weighted by molar-refractivity contribution is 5.85. The monoisotopic (exact) mass is 761 g/mol. The first kappa shape index (κ1) is 49.7. The molecule has 0 radical (unpaired) electrons. The summed E-state index contributed by atoms with van der Waals surface area (Å²) in [6, 6.07) is -0.895. The van der Waals surface area contributed by atoms with E-state index in [9.17, 15) is 28.8 Å². The van der Waals surface area contributed by atoms with Crippen LogP contribution in [0.1, 0.15) is 116 Å². The molecule has 16 heteroatoms. The van der Waals surface area contributed by atoms with Gasteiger partial charge in [-0.3, -0.25) is 19.2 Å². The molecule has 0 bridgehead atoms. The van der Waals surface area contributed by atoms with E-state index in [4.69, 9.17) is 28.8 Å². The molecule has 0 rings (SSSR count). The highest BCUT2D eigenvalue weighted by Crippen LogP contribution is 2.14. The number of carbonyl (C=O) groups excluding carboxylic acids is 5. The normalized spacial score (nSPS) is 11.4. The van der Waals surface area contributed by atoms with Gasteiger partial charge in [0.05, 0.1) is 53.9 Å².